The van der Waals surface area contributed by atoms with Gasteiger partial charge in [-0.2, -0.15) is 0 Å². The maximum Gasteiger partial charge on any atom is 0.146 e. The van der Waals surface area contributed by atoms with Gasteiger partial charge in [0.25, 0.3) is 0 Å². The standard InChI is InChI=1S/C17H26FN3O/c18-14-4-1-2-6-17(14)21-10-7-13(8-11-21)22-12-16-15(19)5-3-9-20-16/h1-2,4,6,13,15-16,20H,3,5,7-12,19H2/t15-,16-/m0/s1. The number of ether oxygens (including phenoxy) is 1. The van der Waals surface area contributed by atoms with Gasteiger partial charge < -0.3 is 20.7 Å². The minimum absolute atomic E-state index is 0.140. The van der Waals surface area contributed by atoms with Crippen molar-refractivity contribution in [2.45, 2.75) is 43.9 Å². The average Bonchev–Trinajstić information content (AvgIpc) is 2.55. The van der Waals surface area contributed by atoms with Gasteiger partial charge in [0.2, 0.25) is 0 Å². The normalized spacial score (nSPS) is 27.1. The fraction of sp³-hybridized carbons (Fsp3) is 0.647. The van der Waals surface area contributed by atoms with Crippen molar-refractivity contribution in [3.63, 3.8) is 0 Å². The number of rotatable bonds is 4. The predicted molar refractivity (Wildman–Crippen MR) is 86.6 cm³/mol. The average molecular weight is 307 g/mol. The highest BCUT2D eigenvalue weighted by atomic mass is 19.1. The van der Waals surface area contributed by atoms with Gasteiger partial charge in [0.15, 0.2) is 0 Å². The van der Waals surface area contributed by atoms with Gasteiger partial charge in [0.05, 0.1) is 18.4 Å². The largest absolute Gasteiger partial charge is 0.376 e. The number of nitrogens with two attached hydrogens (primary N) is 1. The van der Waals surface area contributed by atoms with Crippen LogP contribution in [0.5, 0.6) is 0 Å². The minimum atomic E-state index is -0.140. The molecule has 2 aliphatic rings. The van der Waals surface area contributed by atoms with E-state index < -0.39 is 0 Å². The number of hydrogen-bond donors (Lipinski definition) is 2. The molecule has 0 aliphatic carbocycles. The fourth-order valence-electron chi connectivity index (χ4n) is 3.37. The second-order valence-corrected chi connectivity index (χ2v) is 6.34. The van der Waals surface area contributed by atoms with Gasteiger partial charge in [-0.05, 0) is 44.4 Å². The van der Waals surface area contributed by atoms with E-state index in [0.29, 0.717) is 12.3 Å². The Hall–Kier alpha value is -1.17. The quantitative estimate of drug-likeness (QED) is 0.892. The van der Waals surface area contributed by atoms with Gasteiger partial charge in [0, 0.05) is 25.2 Å². The van der Waals surface area contributed by atoms with Crippen LogP contribution in [0.2, 0.25) is 0 Å². The third-order valence-electron chi connectivity index (χ3n) is 4.78. The van der Waals surface area contributed by atoms with Gasteiger partial charge in [0.1, 0.15) is 5.82 Å². The van der Waals surface area contributed by atoms with Crippen LogP contribution in [-0.2, 0) is 4.74 Å². The summed E-state index contributed by atoms with van der Waals surface area (Å²) in [6.45, 7) is 3.41. The molecule has 22 heavy (non-hydrogen) atoms. The van der Waals surface area contributed by atoms with E-state index in [1.165, 1.54) is 6.07 Å². The van der Waals surface area contributed by atoms with Gasteiger partial charge in [-0.25, -0.2) is 4.39 Å². The number of piperidine rings is 2. The number of nitrogens with zero attached hydrogens (tertiary/aromatic N) is 1. The maximum absolute atomic E-state index is 13.8. The van der Waals surface area contributed by atoms with Crippen molar-refractivity contribution in [2.75, 3.05) is 31.1 Å². The van der Waals surface area contributed by atoms with Crippen LogP contribution < -0.4 is 16.0 Å². The molecule has 122 valence electrons. The summed E-state index contributed by atoms with van der Waals surface area (Å²) < 4.78 is 19.9. The third-order valence-corrected chi connectivity index (χ3v) is 4.78. The van der Waals surface area contributed by atoms with E-state index in [2.05, 4.69) is 10.2 Å². The molecular weight excluding hydrogens is 281 g/mol. The van der Waals surface area contributed by atoms with Crippen molar-refractivity contribution in [1.82, 2.24) is 5.32 Å². The summed E-state index contributed by atoms with van der Waals surface area (Å²) in [5, 5.41) is 3.44. The molecule has 0 radical (unpaired) electrons. The van der Waals surface area contributed by atoms with Crippen molar-refractivity contribution in [3.8, 4) is 0 Å². The van der Waals surface area contributed by atoms with Gasteiger partial charge in [-0.15, -0.1) is 0 Å². The number of benzene rings is 1. The van der Waals surface area contributed by atoms with Crippen LogP contribution >= 0.6 is 0 Å². The lowest BCUT2D eigenvalue weighted by Crippen LogP contribution is -2.52. The first-order valence-corrected chi connectivity index (χ1v) is 8.34. The molecule has 3 rings (SSSR count). The lowest BCUT2D eigenvalue weighted by Gasteiger charge is -2.35. The molecule has 0 aromatic heterocycles. The molecule has 0 unspecified atom stereocenters. The molecule has 0 spiro atoms. The Labute approximate surface area is 131 Å². The molecule has 2 aliphatic heterocycles. The lowest BCUT2D eigenvalue weighted by molar-refractivity contribution is 0.0165. The molecule has 4 nitrogen and oxygen atoms in total. The van der Waals surface area contributed by atoms with E-state index in [1.54, 1.807) is 6.07 Å². The van der Waals surface area contributed by atoms with E-state index in [9.17, 15) is 4.39 Å². The summed E-state index contributed by atoms with van der Waals surface area (Å²) in [6, 6.07) is 7.47. The van der Waals surface area contributed by atoms with Crippen LogP contribution in [0.15, 0.2) is 24.3 Å². The van der Waals surface area contributed by atoms with Crippen LogP contribution in [0.25, 0.3) is 0 Å². The second kappa shape index (κ2) is 7.40. The zero-order valence-electron chi connectivity index (χ0n) is 13.0. The molecule has 2 fully saturated rings. The molecule has 5 heteroatoms. The SMILES string of the molecule is N[C@H]1CCCN[C@H]1COC1CCN(c2ccccc2F)CC1. The Kier molecular flexibility index (Phi) is 5.28. The summed E-state index contributed by atoms with van der Waals surface area (Å²) in [7, 11) is 0. The summed E-state index contributed by atoms with van der Waals surface area (Å²) in [6.07, 6.45) is 4.37. The number of para-hydroxylation sites is 1. The predicted octanol–water partition coefficient (Wildman–Crippen LogP) is 1.89. The molecule has 0 amide bonds. The Morgan fingerprint density at radius 3 is 2.73 bits per heavy atom. The molecule has 2 heterocycles. The first kappa shape index (κ1) is 15.7. The molecule has 2 atom stereocenters. The van der Waals surface area contributed by atoms with E-state index in [-0.39, 0.29) is 24.0 Å². The van der Waals surface area contributed by atoms with Crippen LogP contribution in [0.1, 0.15) is 25.7 Å². The van der Waals surface area contributed by atoms with Crippen molar-refractivity contribution in [3.05, 3.63) is 30.1 Å². The van der Waals surface area contributed by atoms with Crippen LogP contribution in [0, 0.1) is 5.82 Å². The Balaban J connectivity index is 1.45. The zero-order chi connectivity index (χ0) is 15.4. The maximum atomic E-state index is 13.8. The summed E-state index contributed by atoms with van der Waals surface area (Å²) in [5.74, 6) is -0.140. The van der Waals surface area contributed by atoms with E-state index in [0.717, 1.165) is 45.3 Å². The fourth-order valence-corrected chi connectivity index (χ4v) is 3.37. The first-order chi connectivity index (χ1) is 10.7. The van der Waals surface area contributed by atoms with Crippen molar-refractivity contribution < 1.29 is 9.13 Å². The Morgan fingerprint density at radius 2 is 2.00 bits per heavy atom. The summed E-state index contributed by atoms with van der Waals surface area (Å²) in [4.78, 5) is 2.11. The minimum Gasteiger partial charge on any atom is -0.376 e. The van der Waals surface area contributed by atoms with Gasteiger partial charge in [-0.3, -0.25) is 0 Å². The molecule has 0 bridgehead atoms. The highest BCUT2D eigenvalue weighted by Gasteiger charge is 2.25. The van der Waals surface area contributed by atoms with Gasteiger partial charge in [-0.1, -0.05) is 12.1 Å². The highest BCUT2D eigenvalue weighted by Crippen LogP contribution is 2.24. The molecule has 3 N–H and O–H groups in total. The number of nitrogens with one attached hydrogen (secondary N) is 1. The van der Waals surface area contributed by atoms with E-state index >= 15 is 0 Å². The number of hydrogen-bond acceptors (Lipinski definition) is 4. The summed E-state index contributed by atoms with van der Waals surface area (Å²) in [5.41, 5.74) is 6.82. The Morgan fingerprint density at radius 1 is 1.23 bits per heavy atom. The van der Waals surface area contributed by atoms with Crippen molar-refractivity contribution in [1.29, 1.82) is 0 Å². The number of halogens is 1. The van der Waals surface area contributed by atoms with Crippen molar-refractivity contribution in [2.24, 2.45) is 5.73 Å². The van der Waals surface area contributed by atoms with Crippen LogP contribution in [-0.4, -0.2) is 44.4 Å². The first-order valence-electron chi connectivity index (χ1n) is 8.34. The Bertz CT molecular complexity index is 477. The molecule has 1 aromatic rings. The van der Waals surface area contributed by atoms with Crippen LogP contribution in [0.3, 0.4) is 0 Å². The van der Waals surface area contributed by atoms with E-state index in [1.807, 2.05) is 12.1 Å². The van der Waals surface area contributed by atoms with Gasteiger partial charge >= 0.3 is 0 Å². The molecular formula is C17H26FN3O. The summed E-state index contributed by atoms with van der Waals surface area (Å²) >= 11 is 0. The molecule has 0 saturated carbocycles. The highest BCUT2D eigenvalue weighted by molar-refractivity contribution is 5.47. The van der Waals surface area contributed by atoms with Crippen molar-refractivity contribution >= 4 is 5.69 Å². The number of anilines is 1. The molecule has 2 saturated heterocycles. The van der Waals surface area contributed by atoms with Crippen LogP contribution in [0.4, 0.5) is 10.1 Å². The lowest BCUT2D eigenvalue weighted by atomic mass is 10.00. The smallest absolute Gasteiger partial charge is 0.146 e. The topological polar surface area (TPSA) is 50.5 Å². The molecule has 1 aromatic carbocycles. The zero-order valence-corrected chi connectivity index (χ0v) is 13.0. The second-order valence-electron chi connectivity index (χ2n) is 6.34. The monoisotopic (exact) mass is 307 g/mol. The third kappa shape index (κ3) is 3.77. The van der Waals surface area contributed by atoms with E-state index in [4.69, 9.17) is 10.5 Å².